The van der Waals surface area contributed by atoms with E-state index in [1.54, 1.807) is 0 Å². The molecule has 0 bridgehead atoms. The lowest BCUT2D eigenvalue weighted by Crippen LogP contribution is -2.45. The van der Waals surface area contributed by atoms with Crippen LogP contribution in [0.2, 0.25) is 5.02 Å². The summed E-state index contributed by atoms with van der Waals surface area (Å²) in [7, 11) is 0. The van der Waals surface area contributed by atoms with Crippen molar-refractivity contribution in [3.8, 4) is 0 Å². The Kier molecular flexibility index (Phi) is 5.68. The van der Waals surface area contributed by atoms with Crippen LogP contribution in [0.25, 0.3) is 0 Å². The van der Waals surface area contributed by atoms with Crippen LogP contribution >= 0.6 is 11.6 Å². The molecule has 0 amide bonds. The van der Waals surface area contributed by atoms with Crippen LogP contribution in [-0.4, -0.2) is 36.6 Å². The highest BCUT2D eigenvalue weighted by molar-refractivity contribution is 6.30. The molecule has 1 saturated heterocycles. The lowest BCUT2D eigenvalue weighted by molar-refractivity contribution is 0.161. The highest BCUT2D eigenvalue weighted by atomic mass is 35.5. The van der Waals surface area contributed by atoms with Crippen molar-refractivity contribution in [3.63, 3.8) is 0 Å². The first-order valence-electron chi connectivity index (χ1n) is 7.37. The largest absolute Gasteiger partial charge is 0.314 e. The second-order valence-electron chi connectivity index (χ2n) is 5.73. The fourth-order valence-corrected chi connectivity index (χ4v) is 2.82. The van der Waals surface area contributed by atoms with Gasteiger partial charge in [0.2, 0.25) is 0 Å². The maximum absolute atomic E-state index is 5.89. The van der Waals surface area contributed by atoms with E-state index in [1.807, 2.05) is 12.1 Å². The third-order valence-electron chi connectivity index (χ3n) is 4.02. The molecule has 2 nitrogen and oxygen atoms in total. The molecule has 0 radical (unpaired) electrons. The number of halogens is 1. The molecule has 1 N–H and O–H groups in total. The highest BCUT2D eigenvalue weighted by Crippen LogP contribution is 2.13. The Morgan fingerprint density at radius 1 is 1.21 bits per heavy atom. The smallest absolute Gasteiger partial charge is 0.0406 e. The van der Waals surface area contributed by atoms with E-state index in [2.05, 4.69) is 36.2 Å². The SMILES string of the molecule is CC(C)N1CCC(NCCc2ccc(Cl)cc2)CC1. The van der Waals surface area contributed by atoms with E-state index in [4.69, 9.17) is 11.6 Å². The fourth-order valence-electron chi connectivity index (χ4n) is 2.69. The number of rotatable bonds is 5. The van der Waals surface area contributed by atoms with Crippen LogP contribution in [0, 0.1) is 0 Å². The van der Waals surface area contributed by atoms with Gasteiger partial charge < -0.3 is 10.2 Å². The Bertz CT molecular complexity index is 367. The molecule has 0 aliphatic carbocycles. The Labute approximate surface area is 122 Å². The van der Waals surface area contributed by atoms with E-state index in [-0.39, 0.29) is 0 Å². The van der Waals surface area contributed by atoms with Gasteiger partial charge in [0, 0.05) is 17.1 Å². The summed E-state index contributed by atoms with van der Waals surface area (Å²) in [4.78, 5) is 2.57. The normalized spacial score (nSPS) is 18.1. The van der Waals surface area contributed by atoms with Crippen molar-refractivity contribution in [2.24, 2.45) is 0 Å². The maximum atomic E-state index is 5.89. The quantitative estimate of drug-likeness (QED) is 0.890. The third-order valence-corrected chi connectivity index (χ3v) is 4.27. The molecule has 19 heavy (non-hydrogen) atoms. The number of hydrogen-bond acceptors (Lipinski definition) is 2. The van der Waals surface area contributed by atoms with Crippen LogP contribution in [0.15, 0.2) is 24.3 Å². The summed E-state index contributed by atoms with van der Waals surface area (Å²) in [6.45, 7) is 8.10. The number of piperidine rings is 1. The lowest BCUT2D eigenvalue weighted by Gasteiger charge is -2.35. The molecule has 1 aromatic rings. The first-order chi connectivity index (χ1) is 9.15. The van der Waals surface area contributed by atoms with Crippen LogP contribution in [-0.2, 0) is 6.42 Å². The first-order valence-corrected chi connectivity index (χ1v) is 7.75. The topological polar surface area (TPSA) is 15.3 Å². The van der Waals surface area contributed by atoms with Gasteiger partial charge in [0.1, 0.15) is 0 Å². The van der Waals surface area contributed by atoms with E-state index in [9.17, 15) is 0 Å². The summed E-state index contributed by atoms with van der Waals surface area (Å²) >= 11 is 5.89. The Morgan fingerprint density at radius 2 is 1.84 bits per heavy atom. The number of likely N-dealkylation sites (tertiary alicyclic amines) is 1. The number of hydrogen-bond donors (Lipinski definition) is 1. The molecule has 0 spiro atoms. The van der Waals surface area contributed by atoms with Crippen LogP contribution in [0.3, 0.4) is 0 Å². The number of nitrogens with zero attached hydrogens (tertiary/aromatic N) is 1. The Balaban J connectivity index is 1.65. The molecule has 1 aliphatic heterocycles. The molecule has 1 fully saturated rings. The van der Waals surface area contributed by atoms with Crippen LogP contribution in [0.4, 0.5) is 0 Å². The summed E-state index contributed by atoms with van der Waals surface area (Å²) in [6, 6.07) is 9.56. The monoisotopic (exact) mass is 280 g/mol. The summed E-state index contributed by atoms with van der Waals surface area (Å²) in [5.74, 6) is 0. The van der Waals surface area contributed by atoms with Crippen molar-refractivity contribution in [1.29, 1.82) is 0 Å². The van der Waals surface area contributed by atoms with Crippen molar-refractivity contribution >= 4 is 11.6 Å². The summed E-state index contributed by atoms with van der Waals surface area (Å²) in [6.07, 6.45) is 3.64. The molecule has 1 aliphatic rings. The molecule has 0 atom stereocenters. The predicted octanol–water partition coefficient (Wildman–Crippen LogP) is 3.34. The molecule has 1 heterocycles. The molecular weight excluding hydrogens is 256 g/mol. The second-order valence-corrected chi connectivity index (χ2v) is 6.17. The van der Waals surface area contributed by atoms with Gasteiger partial charge in [0.25, 0.3) is 0 Å². The maximum Gasteiger partial charge on any atom is 0.0406 e. The van der Waals surface area contributed by atoms with Crippen LogP contribution in [0.5, 0.6) is 0 Å². The fraction of sp³-hybridized carbons (Fsp3) is 0.625. The zero-order valence-electron chi connectivity index (χ0n) is 12.0. The molecule has 0 aromatic heterocycles. The van der Waals surface area contributed by atoms with Gasteiger partial charge in [-0.15, -0.1) is 0 Å². The predicted molar refractivity (Wildman–Crippen MR) is 82.9 cm³/mol. The van der Waals surface area contributed by atoms with E-state index < -0.39 is 0 Å². The summed E-state index contributed by atoms with van der Waals surface area (Å²) in [5.41, 5.74) is 1.36. The van der Waals surface area contributed by atoms with Crippen molar-refractivity contribution in [2.45, 2.75) is 45.2 Å². The Morgan fingerprint density at radius 3 is 2.42 bits per heavy atom. The number of benzene rings is 1. The average Bonchev–Trinajstić information content (AvgIpc) is 2.41. The van der Waals surface area contributed by atoms with Gasteiger partial charge in [-0.3, -0.25) is 0 Å². The molecule has 3 heteroatoms. The summed E-state index contributed by atoms with van der Waals surface area (Å²) < 4.78 is 0. The second kappa shape index (κ2) is 7.28. The summed E-state index contributed by atoms with van der Waals surface area (Å²) in [5, 5.41) is 4.50. The first kappa shape index (κ1) is 14.8. The van der Waals surface area contributed by atoms with E-state index in [0.717, 1.165) is 18.0 Å². The molecular formula is C16H25ClN2. The number of nitrogens with one attached hydrogen (secondary N) is 1. The van der Waals surface area contributed by atoms with Gasteiger partial charge in [-0.05, 0) is 70.4 Å². The van der Waals surface area contributed by atoms with Crippen molar-refractivity contribution < 1.29 is 0 Å². The zero-order chi connectivity index (χ0) is 13.7. The van der Waals surface area contributed by atoms with Crippen LogP contribution in [0.1, 0.15) is 32.3 Å². The van der Waals surface area contributed by atoms with E-state index in [0.29, 0.717) is 12.1 Å². The molecule has 106 valence electrons. The minimum absolute atomic E-state index is 0.690. The van der Waals surface area contributed by atoms with Gasteiger partial charge in [-0.25, -0.2) is 0 Å². The Hall–Kier alpha value is -0.570. The molecule has 1 aromatic carbocycles. The van der Waals surface area contributed by atoms with Gasteiger partial charge in [0.05, 0.1) is 0 Å². The van der Waals surface area contributed by atoms with E-state index in [1.165, 1.54) is 31.5 Å². The average molecular weight is 281 g/mol. The minimum atomic E-state index is 0.690. The van der Waals surface area contributed by atoms with Crippen molar-refractivity contribution in [1.82, 2.24) is 10.2 Å². The van der Waals surface area contributed by atoms with Crippen molar-refractivity contribution in [2.75, 3.05) is 19.6 Å². The van der Waals surface area contributed by atoms with E-state index >= 15 is 0 Å². The minimum Gasteiger partial charge on any atom is -0.314 e. The lowest BCUT2D eigenvalue weighted by atomic mass is 10.0. The van der Waals surface area contributed by atoms with Gasteiger partial charge in [-0.1, -0.05) is 23.7 Å². The molecule has 0 unspecified atom stereocenters. The standard InChI is InChI=1S/C16H25ClN2/c1-13(2)19-11-8-16(9-12-19)18-10-7-14-3-5-15(17)6-4-14/h3-6,13,16,18H,7-12H2,1-2H3. The van der Waals surface area contributed by atoms with Crippen LogP contribution < -0.4 is 5.32 Å². The molecule has 2 rings (SSSR count). The third kappa shape index (κ3) is 4.79. The van der Waals surface area contributed by atoms with Gasteiger partial charge >= 0.3 is 0 Å². The molecule has 0 saturated carbocycles. The highest BCUT2D eigenvalue weighted by Gasteiger charge is 2.19. The van der Waals surface area contributed by atoms with Crippen molar-refractivity contribution in [3.05, 3.63) is 34.9 Å². The van der Waals surface area contributed by atoms with Gasteiger partial charge in [0.15, 0.2) is 0 Å². The van der Waals surface area contributed by atoms with Gasteiger partial charge in [-0.2, -0.15) is 0 Å². The zero-order valence-corrected chi connectivity index (χ0v) is 12.8.